The van der Waals surface area contributed by atoms with Crippen LogP contribution in [0.25, 0.3) is 0 Å². The number of hydrogen-bond donors (Lipinski definition) is 1. The van der Waals surface area contributed by atoms with Crippen molar-refractivity contribution < 1.29 is 14.3 Å². The van der Waals surface area contributed by atoms with Crippen LogP contribution in [0.15, 0.2) is 24.3 Å². The van der Waals surface area contributed by atoms with Gasteiger partial charge in [-0.25, -0.2) is 0 Å². The number of fused-ring (bicyclic) bond motifs is 1. The van der Waals surface area contributed by atoms with Crippen molar-refractivity contribution in [2.45, 2.75) is 19.8 Å². The average Bonchev–Trinajstić information content (AvgIpc) is 3.01. The van der Waals surface area contributed by atoms with Crippen molar-refractivity contribution in [3.8, 4) is 5.75 Å². The van der Waals surface area contributed by atoms with Crippen LogP contribution in [-0.4, -0.2) is 35.2 Å². The van der Waals surface area contributed by atoms with Crippen molar-refractivity contribution in [2.75, 3.05) is 23.4 Å². The Balaban J connectivity index is 1.61. The summed E-state index contributed by atoms with van der Waals surface area (Å²) in [6, 6.07) is 7.30. The Kier molecular flexibility index (Phi) is 4.52. The molecule has 1 aliphatic rings. The first-order valence-electron chi connectivity index (χ1n) is 7.32. The highest BCUT2D eigenvalue weighted by Gasteiger charge is 2.25. The molecule has 7 nitrogen and oxygen atoms in total. The van der Waals surface area contributed by atoms with Gasteiger partial charge in [-0.05, 0) is 18.6 Å². The predicted octanol–water partition coefficient (Wildman–Crippen LogP) is 1.85. The molecule has 23 heavy (non-hydrogen) atoms. The van der Waals surface area contributed by atoms with Crippen molar-refractivity contribution in [2.24, 2.45) is 0 Å². The third-order valence-electron chi connectivity index (χ3n) is 3.39. The fourth-order valence-corrected chi connectivity index (χ4v) is 2.94. The number of nitrogens with zero attached hydrogens (tertiary/aromatic N) is 3. The minimum absolute atomic E-state index is 0.00507. The summed E-state index contributed by atoms with van der Waals surface area (Å²) >= 11 is 1.36. The molecular formula is C15H16N4O3S. The lowest BCUT2D eigenvalue weighted by atomic mass is 10.2. The molecule has 0 unspecified atom stereocenters. The molecule has 1 aromatic heterocycles. The van der Waals surface area contributed by atoms with Crippen LogP contribution in [0.2, 0.25) is 0 Å². The number of nitrogens with one attached hydrogen (secondary N) is 1. The van der Waals surface area contributed by atoms with Gasteiger partial charge >= 0.3 is 0 Å². The lowest BCUT2D eigenvalue weighted by Crippen LogP contribution is -2.40. The predicted molar refractivity (Wildman–Crippen MR) is 86.8 cm³/mol. The summed E-state index contributed by atoms with van der Waals surface area (Å²) in [5.74, 6) is 0.311. The highest BCUT2D eigenvalue weighted by atomic mass is 32.1. The van der Waals surface area contributed by atoms with E-state index in [-0.39, 0.29) is 24.8 Å². The van der Waals surface area contributed by atoms with E-state index in [9.17, 15) is 9.59 Å². The second-order valence-corrected chi connectivity index (χ2v) is 6.02. The Hall–Kier alpha value is -2.48. The van der Waals surface area contributed by atoms with Gasteiger partial charge in [0.1, 0.15) is 10.8 Å². The number of benzene rings is 1. The van der Waals surface area contributed by atoms with Crippen LogP contribution >= 0.6 is 11.3 Å². The summed E-state index contributed by atoms with van der Waals surface area (Å²) in [6.07, 6.45) is 0.966. The van der Waals surface area contributed by atoms with Crippen molar-refractivity contribution in [3.63, 3.8) is 0 Å². The molecule has 8 heteroatoms. The first-order valence-corrected chi connectivity index (χ1v) is 8.13. The van der Waals surface area contributed by atoms with Gasteiger partial charge in [0.25, 0.3) is 5.91 Å². The third kappa shape index (κ3) is 3.48. The Morgan fingerprint density at radius 2 is 2.22 bits per heavy atom. The van der Waals surface area contributed by atoms with Crippen LogP contribution in [0.5, 0.6) is 5.75 Å². The summed E-state index contributed by atoms with van der Waals surface area (Å²) in [4.78, 5) is 25.6. The molecule has 120 valence electrons. The van der Waals surface area contributed by atoms with Crippen LogP contribution < -0.4 is 15.0 Å². The summed E-state index contributed by atoms with van der Waals surface area (Å²) in [5, 5.41) is 11.9. The van der Waals surface area contributed by atoms with Gasteiger partial charge in [-0.3, -0.25) is 9.59 Å². The second-order valence-electron chi connectivity index (χ2n) is 4.95. The number of carbonyl (C=O) groups excluding carboxylic acids is 2. The van der Waals surface area contributed by atoms with E-state index in [1.165, 1.54) is 11.3 Å². The highest BCUT2D eigenvalue weighted by Crippen LogP contribution is 2.31. The summed E-state index contributed by atoms with van der Waals surface area (Å²) in [7, 11) is 0. The molecule has 2 heterocycles. The molecule has 0 spiro atoms. The average molecular weight is 332 g/mol. The Bertz CT molecular complexity index is 731. The summed E-state index contributed by atoms with van der Waals surface area (Å²) in [5.41, 5.74) is 0.695. The maximum Gasteiger partial charge on any atom is 0.265 e. The van der Waals surface area contributed by atoms with Crippen LogP contribution in [0.1, 0.15) is 18.4 Å². The number of hydrogen-bond acceptors (Lipinski definition) is 6. The lowest BCUT2D eigenvalue weighted by molar-refractivity contribution is -0.121. The van der Waals surface area contributed by atoms with Gasteiger partial charge in [0.15, 0.2) is 6.61 Å². The number of anilines is 2. The van der Waals surface area contributed by atoms with Crippen molar-refractivity contribution in [3.05, 3.63) is 29.3 Å². The number of aromatic nitrogens is 2. The largest absolute Gasteiger partial charge is 0.482 e. The standard InChI is InChI=1S/C15H16N4O3S/c1-2-13-17-18-15(23-13)16-12(20)7-8-19-10-5-3-4-6-11(10)22-9-14(19)21/h3-6H,2,7-9H2,1H3,(H,16,18,20). The zero-order chi connectivity index (χ0) is 16.2. The SMILES string of the molecule is CCc1nnc(NC(=O)CCN2C(=O)COc3ccccc32)s1. The van der Waals surface area contributed by atoms with Gasteiger partial charge < -0.3 is 15.0 Å². The maximum absolute atomic E-state index is 12.0. The molecule has 0 saturated carbocycles. The molecule has 1 N–H and O–H groups in total. The van der Waals surface area contributed by atoms with E-state index in [2.05, 4.69) is 15.5 Å². The molecular weight excluding hydrogens is 316 g/mol. The normalized spacial score (nSPS) is 13.4. The van der Waals surface area contributed by atoms with Crippen LogP contribution in [0.3, 0.4) is 0 Å². The Morgan fingerprint density at radius 3 is 3.00 bits per heavy atom. The van der Waals surface area contributed by atoms with Crippen LogP contribution in [0.4, 0.5) is 10.8 Å². The number of para-hydroxylation sites is 2. The number of amides is 2. The fraction of sp³-hybridized carbons (Fsp3) is 0.333. The molecule has 0 aliphatic carbocycles. The molecule has 1 aromatic carbocycles. The van der Waals surface area contributed by atoms with E-state index in [4.69, 9.17) is 4.74 Å². The third-order valence-corrected chi connectivity index (χ3v) is 4.37. The lowest BCUT2D eigenvalue weighted by Gasteiger charge is -2.29. The van der Waals surface area contributed by atoms with E-state index in [1.807, 2.05) is 31.2 Å². The van der Waals surface area contributed by atoms with E-state index in [1.54, 1.807) is 4.90 Å². The van der Waals surface area contributed by atoms with Gasteiger partial charge in [0.2, 0.25) is 11.0 Å². The topological polar surface area (TPSA) is 84.4 Å². The van der Waals surface area contributed by atoms with Crippen molar-refractivity contribution >= 4 is 34.0 Å². The Labute approximate surface area is 137 Å². The molecule has 0 bridgehead atoms. The number of aryl methyl sites for hydroxylation is 1. The summed E-state index contributed by atoms with van der Waals surface area (Å²) in [6.45, 7) is 2.27. The minimum atomic E-state index is -0.194. The highest BCUT2D eigenvalue weighted by molar-refractivity contribution is 7.15. The van der Waals surface area contributed by atoms with E-state index >= 15 is 0 Å². The number of carbonyl (C=O) groups is 2. The van der Waals surface area contributed by atoms with Gasteiger partial charge in [-0.15, -0.1) is 10.2 Å². The van der Waals surface area contributed by atoms with Gasteiger partial charge in [-0.1, -0.05) is 30.4 Å². The quantitative estimate of drug-likeness (QED) is 0.903. The molecule has 3 rings (SSSR count). The monoisotopic (exact) mass is 332 g/mol. The summed E-state index contributed by atoms with van der Waals surface area (Å²) < 4.78 is 5.38. The zero-order valence-electron chi connectivity index (χ0n) is 12.6. The van der Waals surface area contributed by atoms with Crippen LogP contribution in [0, 0.1) is 0 Å². The van der Waals surface area contributed by atoms with E-state index in [0.717, 1.165) is 11.4 Å². The number of rotatable bonds is 5. The minimum Gasteiger partial charge on any atom is -0.482 e. The van der Waals surface area contributed by atoms with E-state index in [0.29, 0.717) is 23.1 Å². The van der Waals surface area contributed by atoms with Gasteiger partial charge in [-0.2, -0.15) is 0 Å². The van der Waals surface area contributed by atoms with E-state index < -0.39 is 0 Å². The molecule has 2 aromatic rings. The van der Waals surface area contributed by atoms with Crippen molar-refractivity contribution in [1.82, 2.24) is 10.2 Å². The molecule has 0 saturated heterocycles. The Morgan fingerprint density at radius 1 is 1.39 bits per heavy atom. The number of ether oxygens (including phenoxy) is 1. The molecule has 0 fully saturated rings. The maximum atomic E-state index is 12.0. The molecule has 2 amide bonds. The van der Waals surface area contributed by atoms with Crippen LogP contribution in [-0.2, 0) is 16.0 Å². The van der Waals surface area contributed by atoms with Crippen molar-refractivity contribution in [1.29, 1.82) is 0 Å². The molecule has 0 radical (unpaired) electrons. The fourth-order valence-electron chi connectivity index (χ4n) is 2.24. The smallest absolute Gasteiger partial charge is 0.265 e. The molecule has 1 aliphatic heterocycles. The zero-order valence-corrected chi connectivity index (χ0v) is 13.4. The molecule has 0 atom stereocenters. The van der Waals surface area contributed by atoms with Gasteiger partial charge in [0, 0.05) is 13.0 Å². The first-order chi connectivity index (χ1) is 11.2. The second kappa shape index (κ2) is 6.74. The first kappa shape index (κ1) is 15.4. The van der Waals surface area contributed by atoms with Gasteiger partial charge in [0.05, 0.1) is 5.69 Å².